The summed E-state index contributed by atoms with van der Waals surface area (Å²) in [6.45, 7) is 10.2. The third kappa shape index (κ3) is 8.18. The Balaban J connectivity index is 4.31. The lowest BCUT2D eigenvalue weighted by atomic mass is 9.76. The van der Waals surface area contributed by atoms with Crippen molar-refractivity contribution >= 4 is 15.7 Å². The molecule has 0 radical (unpaired) electrons. The van der Waals surface area contributed by atoms with Gasteiger partial charge in [-0.3, -0.25) is 4.79 Å². The smallest absolute Gasteiger partial charge is 0.225 e. The van der Waals surface area contributed by atoms with Gasteiger partial charge in [-0.05, 0) is 11.8 Å². The lowest BCUT2D eigenvalue weighted by Crippen LogP contribution is -2.41. The molecule has 4 nitrogen and oxygen atoms in total. The lowest BCUT2D eigenvalue weighted by Gasteiger charge is -2.31. The minimum Gasteiger partial charge on any atom is -0.355 e. The van der Waals surface area contributed by atoms with E-state index in [1.54, 1.807) is 0 Å². The molecule has 0 fully saturated rings. The fourth-order valence-electron chi connectivity index (χ4n) is 2.00. The Hall–Kier alpha value is -0.580. The van der Waals surface area contributed by atoms with Crippen LogP contribution in [0, 0.1) is 10.8 Å². The van der Waals surface area contributed by atoms with Crippen LogP contribution in [0.3, 0.4) is 0 Å². The van der Waals surface area contributed by atoms with E-state index in [1.165, 1.54) is 6.26 Å². The highest BCUT2D eigenvalue weighted by molar-refractivity contribution is 7.90. The van der Waals surface area contributed by atoms with Crippen molar-refractivity contribution in [3.05, 3.63) is 0 Å². The summed E-state index contributed by atoms with van der Waals surface area (Å²) in [5.41, 5.74) is -0.409. The maximum absolute atomic E-state index is 11.9. The van der Waals surface area contributed by atoms with Crippen LogP contribution in [-0.4, -0.2) is 32.9 Å². The van der Waals surface area contributed by atoms with E-state index >= 15 is 0 Å². The van der Waals surface area contributed by atoms with E-state index in [2.05, 4.69) is 26.1 Å². The zero-order chi connectivity index (χ0) is 13.9. The predicted octanol–water partition coefficient (Wildman–Crippen LogP) is 1.61. The first-order chi connectivity index (χ1) is 7.33. The average Bonchev–Trinajstić information content (AvgIpc) is 1.96. The third-order valence-electron chi connectivity index (χ3n) is 2.35. The molecule has 0 aliphatic heterocycles. The Morgan fingerprint density at radius 3 is 1.94 bits per heavy atom. The van der Waals surface area contributed by atoms with Crippen LogP contribution in [-0.2, 0) is 14.6 Å². The largest absolute Gasteiger partial charge is 0.355 e. The maximum atomic E-state index is 11.9. The van der Waals surface area contributed by atoms with Crippen molar-refractivity contribution in [3.63, 3.8) is 0 Å². The highest BCUT2D eigenvalue weighted by Gasteiger charge is 2.32. The Bertz CT molecular complexity index is 364. The van der Waals surface area contributed by atoms with Crippen LogP contribution in [0.4, 0.5) is 0 Å². The van der Waals surface area contributed by atoms with Gasteiger partial charge in [-0.2, -0.15) is 0 Å². The summed E-state index contributed by atoms with van der Waals surface area (Å²) in [4.78, 5) is 11.9. The van der Waals surface area contributed by atoms with E-state index in [-0.39, 0.29) is 23.6 Å². The van der Waals surface area contributed by atoms with Gasteiger partial charge >= 0.3 is 0 Å². The molecule has 0 aromatic heterocycles. The molecule has 0 saturated carbocycles. The zero-order valence-electron chi connectivity index (χ0n) is 11.8. The second kappa shape index (κ2) is 5.38. The van der Waals surface area contributed by atoms with Gasteiger partial charge in [0.1, 0.15) is 9.84 Å². The first-order valence-corrected chi connectivity index (χ1v) is 7.86. The number of hydrogen-bond donors (Lipinski definition) is 1. The number of rotatable bonds is 5. The van der Waals surface area contributed by atoms with Gasteiger partial charge in [-0.1, -0.05) is 34.6 Å². The van der Waals surface area contributed by atoms with Crippen LogP contribution in [0.1, 0.15) is 41.0 Å². The van der Waals surface area contributed by atoms with Gasteiger partial charge in [-0.15, -0.1) is 0 Å². The minimum absolute atomic E-state index is 0.00959. The van der Waals surface area contributed by atoms with E-state index in [0.29, 0.717) is 0 Å². The second-order valence-corrected chi connectivity index (χ2v) is 8.77. The Labute approximate surface area is 105 Å². The van der Waals surface area contributed by atoms with E-state index in [1.807, 2.05) is 13.8 Å². The predicted molar refractivity (Wildman–Crippen MR) is 70.6 cm³/mol. The molecular formula is C12H25NO3S. The monoisotopic (exact) mass is 263 g/mol. The van der Waals surface area contributed by atoms with Gasteiger partial charge in [0.15, 0.2) is 0 Å². The van der Waals surface area contributed by atoms with E-state index in [0.717, 1.165) is 6.42 Å². The van der Waals surface area contributed by atoms with E-state index in [9.17, 15) is 13.2 Å². The molecule has 17 heavy (non-hydrogen) atoms. The number of hydrogen-bond acceptors (Lipinski definition) is 3. The van der Waals surface area contributed by atoms with Gasteiger partial charge in [0.05, 0.1) is 5.75 Å². The van der Waals surface area contributed by atoms with Crippen LogP contribution in [0.5, 0.6) is 0 Å². The Morgan fingerprint density at radius 1 is 1.12 bits per heavy atom. The van der Waals surface area contributed by atoms with Crippen LogP contribution < -0.4 is 5.32 Å². The number of carbonyl (C=O) groups excluding carboxylic acids is 1. The molecule has 0 rings (SSSR count). The number of carbonyl (C=O) groups is 1. The SMILES string of the molecule is CC(C)(C)CC(C)(C)C(=O)NCCS(C)(=O)=O. The highest BCUT2D eigenvalue weighted by atomic mass is 32.2. The van der Waals surface area contributed by atoms with Gasteiger partial charge in [0.25, 0.3) is 0 Å². The molecule has 0 unspecified atom stereocenters. The van der Waals surface area contributed by atoms with Crippen LogP contribution in [0.2, 0.25) is 0 Å². The molecule has 0 bridgehead atoms. The Kier molecular flexibility index (Phi) is 5.19. The van der Waals surface area contributed by atoms with Crippen molar-refractivity contribution in [2.75, 3.05) is 18.6 Å². The van der Waals surface area contributed by atoms with Crippen molar-refractivity contribution in [2.24, 2.45) is 10.8 Å². The van der Waals surface area contributed by atoms with Crippen LogP contribution in [0.25, 0.3) is 0 Å². The van der Waals surface area contributed by atoms with Crippen molar-refractivity contribution in [1.29, 1.82) is 0 Å². The first kappa shape index (κ1) is 16.4. The summed E-state index contributed by atoms with van der Waals surface area (Å²) in [5, 5.41) is 2.68. The quantitative estimate of drug-likeness (QED) is 0.819. The lowest BCUT2D eigenvalue weighted by molar-refractivity contribution is -0.130. The van der Waals surface area contributed by atoms with E-state index in [4.69, 9.17) is 0 Å². The standard InChI is InChI=1S/C12H25NO3S/c1-11(2,3)9-12(4,5)10(14)13-7-8-17(6,15)16/h7-9H2,1-6H3,(H,13,14). The molecule has 1 amide bonds. The topological polar surface area (TPSA) is 63.2 Å². The van der Waals surface area contributed by atoms with Gasteiger partial charge in [0.2, 0.25) is 5.91 Å². The molecule has 0 saturated heterocycles. The van der Waals surface area contributed by atoms with Gasteiger partial charge < -0.3 is 5.32 Å². The first-order valence-electron chi connectivity index (χ1n) is 5.80. The van der Waals surface area contributed by atoms with Crippen LogP contribution in [0.15, 0.2) is 0 Å². The molecule has 0 aliphatic rings. The van der Waals surface area contributed by atoms with Crippen molar-refractivity contribution in [2.45, 2.75) is 41.0 Å². The second-order valence-electron chi connectivity index (χ2n) is 6.51. The summed E-state index contributed by atoms with van der Waals surface area (Å²) < 4.78 is 21.9. The van der Waals surface area contributed by atoms with Gasteiger partial charge in [-0.25, -0.2) is 8.42 Å². The molecule has 102 valence electrons. The minimum atomic E-state index is -3.02. The summed E-state index contributed by atoms with van der Waals surface area (Å²) in [5.74, 6) is -0.0966. The molecule has 1 N–H and O–H groups in total. The third-order valence-corrected chi connectivity index (χ3v) is 3.29. The van der Waals surface area contributed by atoms with Crippen molar-refractivity contribution < 1.29 is 13.2 Å². The maximum Gasteiger partial charge on any atom is 0.225 e. The zero-order valence-corrected chi connectivity index (χ0v) is 12.6. The van der Waals surface area contributed by atoms with Gasteiger partial charge in [0, 0.05) is 18.2 Å². The molecule has 0 aromatic rings. The molecule has 0 heterocycles. The normalized spacial score (nSPS) is 13.5. The number of amides is 1. The molecule has 0 aliphatic carbocycles. The van der Waals surface area contributed by atoms with Crippen molar-refractivity contribution in [3.8, 4) is 0 Å². The number of sulfone groups is 1. The highest BCUT2D eigenvalue weighted by Crippen LogP contribution is 2.33. The molecular weight excluding hydrogens is 238 g/mol. The van der Waals surface area contributed by atoms with Crippen LogP contribution >= 0.6 is 0 Å². The molecule has 5 heteroatoms. The average molecular weight is 263 g/mol. The molecule has 0 atom stereocenters. The fourth-order valence-corrected chi connectivity index (χ4v) is 2.47. The summed E-state index contributed by atoms with van der Waals surface area (Å²) in [6, 6.07) is 0. The number of nitrogens with one attached hydrogen (secondary N) is 1. The summed E-state index contributed by atoms with van der Waals surface area (Å²) in [6.07, 6.45) is 1.92. The fraction of sp³-hybridized carbons (Fsp3) is 0.917. The summed E-state index contributed by atoms with van der Waals surface area (Å²) >= 11 is 0. The van der Waals surface area contributed by atoms with Crippen molar-refractivity contribution in [1.82, 2.24) is 5.32 Å². The Morgan fingerprint density at radius 2 is 1.59 bits per heavy atom. The summed E-state index contributed by atoms with van der Waals surface area (Å²) in [7, 11) is -3.02. The van der Waals surface area contributed by atoms with E-state index < -0.39 is 15.3 Å². The molecule has 0 spiro atoms. The molecule has 0 aromatic carbocycles.